The van der Waals surface area contributed by atoms with Crippen LogP contribution in [-0.4, -0.2) is 91.2 Å². The summed E-state index contributed by atoms with van der Waals surface area (Å²) in [6.07, 6.45) is 0.0341. The molecule has 4 heterocycles. The molecule has 9 nitrogen and oxygen atoms in total. The van der Waals surface area contributed by atoms with Crippen LogP contribution in [0.5, 0.6) is 11.5 Å². The molecule has 1 unspecified atom stereocenters. The minimum Gasteiger partial charge on any atom is -0.486 e. The third-order valence-corrected chi connectivity index (χ3v) is 6.47. The fraction of sp³-hybridized carbons (Fsp3) is 0.545. The van der Waals surface area contributed by atoms with Gasteiger partial charge in [0.25, 0.3) is 0 Å². The average Bonchev–Trinajstić information content (AvgIpc) is 3.26. The van der Waals surface area contributed by atoms with Gasteiger partial charge in [0.15, 0.2) is 17.3 Å². The highest BCUT2D eigenvalue weighted by molar-refractivity contribution is 5.97. The van der Waals surface area contributed by atoms with Crippen molar-refractivity contribution >= 4 is 17.5 Å². The summed E-state index contributed by atoms with van der Waals surface area (Å²) in [5, 5.41) is 4.77. The minimum absolute atomic E-state index is 0.0341. The summed E-state index contributed by atoms with van der Waals surface area (Å²) in [4.78, 5) is 21.0. The van der Waals surface area contributed by atoms with Gasteiger partial charge in [0.05, 0.1) is 5.69 Å². The average molecular weight is 427 g/mol. The lowest BCUT2D eigenvalue weighted by molar-refractivity contribution is 0.0571. The number of piperazine rings is 1. The first kappa shape index (κ1) is 20.0. The quantitative estimate of drug-likeness (QED) is 0.739. The molecule has 0 N–H and O–H groups in total. The van der Waals surface area contributed by atoms with E-state index in [1.54, 1.807) is 4.90 Å². The zero-order valence-corrected chi connectivity index (χ0v) is 18.5. The Hall–Kier alpha value is -2.94. The number of urea groups is 1. The molecule has 0 aliphatic carbocycles. The highest BCUT2D eigenvalue weighted by atomic mass is 16.6. The van der Waals surface area contributed by atoms with E-state index in [1.165, 1.54) is 0 Å². The molecular weight excluding hydrogens is 396 g/mol. The van der Waals surface area contributed by atoms with Gasteiger partial charge in [-0.2, -0.15) is 5.10 Å². The number of amides is 2. The Morgan fingerprint density at radius 2 is 1.77 bits per heavy atom. The summed E-state index contributed by atoms with van der Waals surface area (Å²) in [6, 6.07) is 7.88. The SMILES string of the molecule is Cc1c(N2CCN(C)C2=O)c(N2CCN(CC3COc4ccccc4O3)CC2)nn1C. The van der Waals surface area contributed by atoms with Gasteiger partial charge in [-0.3, -0.25) is 14.5 Å². The van der Waals surface area contributed by atoms with Gasteiger partial charge in [-0.1, -0.05) is 12.1 Å². The molecule has 0 spiro atoms. The fourth-order valence-corrected chi connectivity index (χ4v) is 4.55. The summed E-state index contributed by atoms with van der Waals surface area (Å²) in [7, 11) is 3.79. The lowest BCUT2D eigenvalue weighted by atomic mass is 10.2. The molecule has 0 radical (unpaired) electrons. The molecule has 9 heteroatoms. The second-order valence-corrected chi connectivity index (χ2v) is 8.52. The van der Waals surface area contributed by atoms with Crippen molar-refractivity contribution in [2.24, 2.45) is 7.05 Å². The van der Waals surface area contributed by atoms with Crippen molar-refractivity contribution in [1.82, 2.24) is 19.6 Å². The molecule has 1 aromatic carbocycles. The lowest BCUT2D eigenvalue weighted by Gasteiger charge is -2.38. The molecule has 2 amide bonds. The number of rotatable bonds is 4. The van der Waals surface area contributed by atoms with Gasteiger partial charge in [0.1, 0.15) is 18.4 Å². The molecular formula is C22H30N6O3. The standard InChI is InChI=1S/C22H30N6O3/c1-16-20(28-13-8-24(2)22(28)29)21(23-25(16)3)27-11-9-26(10-12-27)14-17-15-30-18-6-4-5-7-19(18)31-17/h4-7,17H,8-15H2,1-3H3. The number of carbonyl (C=O) groups is 1. The van der Waals surface area contributed by atoms with Crippen molar-refractivity contribution in [3.63, 3.8) is 0 Å². The summed E-state index contributed by atoms with van der Waals surface area (Å²) < 4.78 is 13.9. The molecule has 0 bridgehead atoms. The summed E-state index contributed by atoms with van der Waals surface area (Å²) in [5.41, 5.74) is 1.97. The van der Waals surface area contributed by atoms with Crippen molar-refractivity contribution in [1.29, 1.82) is 0 Å². The number of hydrogen-bond acceptors (Lipinski definition) is 6. The minimum atomic E-state index is 0.0341. The first-order chi connectivity index (χ1) is 15.0. The Bertz CT molecular complexity index is 968. The monoisotopic (exact) mass is 426 g/mol. The number of nitrogens with zero attached hydrogens (tertiary/aromatic N) is 6. The molecule has 1 atom stereocenters. The first-order valence-electron chi connectivity index (χ1n) is 10.9. The van der Waals surface area contributed by atoms with E-state index >= 15 is 0 Å². The van der Waals surface area contributed by atoms with Crippen LogP contribution >= 0.6 is 0 Å². The van der Waals surface area contributed by atoms with E-state index in [0.717, 1.165) is 68.0 Å². The molecule has 3 aliphatic heterocycles. The van der Waals surface area contributed by atoms with Crippen molar-refractivity contribution in [2.45, 2.75) is 13.0 Å². The molecule has 31 heavy (non-hydrogen) atoms. The third kappa shape index (κ3) is 3.67. The van der Waals surface area contributed by atoms with Crippen LogP contribution in [0.4, 0.5) is 16.3 Å². The summed E-state index contributed by atoms with van der Waals surface area (Å²) in [6.45, 7) is 8.47. The highest BCUT2D eigenvalue weighted by Gasteiger charge is 2.34. The van der Waals surface area contributed by atoms with Gasteiger partial charge in [0, 0.05) is 59.9 Å². The van der Waals surface area contributed by atoms with Gasteiger partial charge in [-0.25, -0.2) is 4.79 Å². The van der Waals surface area contributed by atoms with Crippen LogP contribution in [0.2, 0.25) is 0 Å². The van der Waals surface area contributed by atoms with Gasteiger partial charge in [-0.15, -0.1) is 0 Å². The maximum atomic E-state index is 12.6. The Kier molecular flexibility index (Phi) is 5.13. The number of anilines is 2. The second kappa shape index (κ2) is 7.96. The van der Waals surface area contributed by atoms with E-state index in [0.29, 0.717) is 13.2 Å². The van der Waals surface area contributed by atoms with Crippen LogP contribution in [-0.2, 0) is 7.05 Å². The first-order valence-corrected chi connectivity index (χ1v) is 10.9. The zero-order chi connectivity index (χ0) is 21.5. The number of hydrogen-bond donors (Lipinski definition) is 0. The van der Waals surface area contributed by atoms with Gasteiger partial charge >= 0.3 is 6.03 Å². The Labute approximate surface area is 182 Å². The summed E-state index contributed by atoms with van der Waals surface area (Å²) in [5.74, 6) is 2.56. The Morgan fingerprint density at radius 3 is 2.48 bits per heavy atom. The molecule has 2 aromatic rings. The van der Waals surface area contributed by atoms with Crippen molar-refractivity contribution in [3.8, 4) is 11.5 Å². The number of benzene rings is 1. The number of para-hydroxylation sites is 2. The van der Waals surface area contributed by atoms with Crippen LogP contribution in [0.15, 0.2) is 24.3 Å². The smallest absolute Gasteiger partial charge is 0.324 e. The second-order valence-electron chi connectivity index (χ2n) is 8.52. The van der Waals surface area contributed by atoms with Crippen LogP contribution in [0.25, 0.3) is 0 Å². The van der Waals surface area contributed by atoms with Crippen LogP contribution in [0.1, 0.15) is 5.69 Å². The van der Waals surface area contributed by atoms with Gasteiger partial charge < -0.3 is 19.3 Å². The highest BCUT2D eigenvalue weighted by Crippen LogP contribution is 2.35. The zero-order valence-electron chi connectivity index (χ0n) is 18.5. The number of likely N-dealkylation sites (N-methyl/N-ethyl adjacent to an activating group) is 1. The van der Waals surface area contributed by atoms with E-state index in [-0.39, 0.29) is 12.1 Å². The number of aryl methyl sites for hydroxylation is 1. The number of ether oxygens (including phenoxy) is 2. The molecule has 2 fully saturated rings. The Morgan fingerprint density at radius 1 is 1.03 bits per heavy atom. The van der Waals surface area contributed by atoms with E-state index in [9.17, 15) is 4.79 Å². The number of carbonyl (C=O) groups excluding carboxylic acids is 1. The maximum Gasteiger partial charge on any atom is 0.324 e. The van der Waals surface area contributed by atoms with Crippen molar-refractivity contribution < 1.29 is 14.3 Å². The van der Waals surface area contributed by atoms with Crippen molar-refractivity contribution in [2.75, 3.05) is 69.3 Å². The summed E-state index contributed by atoms with van der Waals surface area (Å²) >= 11 is 0. The van der Waals surface area contributed by atoms with E-state index in [2.05, 4.69) is 9.80 Å². The van der Waals surface area contributed by atoms with E-state index in [1.807, 2.05) is 54.9 Å². The number of fused-ring (bicyclic) bond motifs is 1. The largest absolute Gasteiger partial charge is 0.486 e. The Balaban J connectivity index is 1.23. The van der Waals surface area contributed by atoms with Crippen molar-refractivity contribution in [3.05, 3.63) is 30.0 Å². The molecule has 0 saturated carbocycles. The normalized spacial score (nSPS) is 21.8. The van der Waals surface area contributed by atoms with Gasteiger partial charge in [-0.05, 0) is 19.1 Å². The maximum absolute atomic E-state index is 12.6. The predicted molar refractivity (Wildman–Crippen MR) is 118 cm³/mol. The molecule has 2 saturated heterocycles. The number of aromatic nitrogens is 2. The molecule has 1 aromatic heterocycles. The molecule has 3 aliphatic rings. The van der Waals surface area contributed by atoms with Crippen LogP contribution in [0, 0.1) is 6.92 Å². The fourth-order valence-electron chi connectivity index (χ4n) is 4.55. The third-order valence-electron chi connectivity index (χ3n) is 6.47. The topological polar surface area (TPSA) is 66.3 Å². The van der Waals surface area contributed by atoms with E-state index in [4.69, 9.17) is 14.6 Å². The molecule has 166 valence electrons. The van der Waals surface area contributed by atoms with Crippen LogP contribution in [0.3, 0.4) is 0 Å². The van der Waals surface area contributed by atoms with E-state index < -0.39 is 0 Å². The van der Waals surface area contributed by atoms with Gasteiger partial charge in [0.2, 0.25) is 0 Å². The lowest BCUT2D eigenvalue weighted by Crippen LogP contribution is -2.51. The van der Waals surface area contributed by atoms with Crippen LogP contribution < -0.4 is 19.3 Å². The predicted octanol–water partition coefficient (Wildman–Crippen LogP) is 1.56. The molecule has 5 rings (SSSR count).